The van der Waals surface area contributed by atoms with E-state index in [1.807, 2.05) is 6.92 Å². The smallest absolute Gasteiger partial charge is 0.211 e. The van der Waals surface area contributed by atoms with Gasteiger partial charge in [-0.3, -0.25) is 0 Å². The second-order valence-electron chi connectivity index (χ2n) is 5.79. The average Bonchev–Trinajstić information content (AvgIpc) is 2.96. The van der Waals surface area contributed by atoms with Gasteiger partial charge in [0.1, 0.15) is 5.76 Å². The van der Waals surface area contributed by atoms with E-state index in [1.165, 1.54) is 5.69 Å². The first-order valence-corrected chi connectivity index (χ1v) is 7.71. The summed E-state index contributed by atoms with van der Waals surface area (Å²) in [7, 11) is 0. The lowest BCUT2D eigenvalue weighted by atomic mass is 10.0. The second-order valence-corrected chi connectivity index (χ2v) is 5.79. The zero-order valence-electron chi connectivity index (χ0n) is 12.7. The van der Waals surface area contributed by atoms with Gasteiger partial charge in [0.15, 0.2) is 0 Å². The van der Waals surface area contributed by atoms with Crippen LogP contribution in [0.15, 0.2) is 40.9 Å². The maximum Gasteiger partial charge on any atom is 0.211 e. The summed E-state index contributed by atoms with van der Waals surface area (Å²) in [5, 5.41) is 3.64. The zero-order chi connectivity index (χ0) is 14.7. The van der Waals surface area contributed by atoms with Crippen molar-refractivity contribution in [2.45, 2.75) is 38.8 Å². The fraction of sp³-hybridized carbons (Fsp3) is 0.471. The molecule has 0 saturated carbocycles. The molecule has 0 radical (unpaired) electrons. The largest absolute Gasteiger partial charge is 0.444 e. The van der Waals surface area contributed by atoms with Crippen molar-refractivity contribution in [3.8, 4) is 0 Å². The standard InChI is InChI=1S/C17H23N3O/c1-13-12-18-17(21-13)14(2)19-15-8-10-20(11-9-15)16-6-4-3-5-7-16/h3-7,12,14-15,19H,8-11H2,1-2H3. The average molecular weight is 285 g/mol. The van der Waals surface area contributed by atoms with Crippen LogP contribution < -0.4 is 10.2 Å². The summed E-state index contributed by atoms with van der Waals surface area (Å²) < 4.78 is 5.59. The van der Waals surface area contributed by atoms with Gasteiger partial charge in [-0.25, -0.2) is 4.98 Å². The van der Waals surface area contributed by atoms with Crippen molar-refractivity contribution in [2.75, 3.05) is 18.0 Å². The summed E-state index contributed by atoms with van der Waals surface area (Å²) in [5.74, 6) is 1.66. The Bertz CT molecular complexity index is 558. The first-order valence-electron chi connectivity index (χ1n) is 7.71. The van der Waals surface area contributed by atoms with Crippen molar-refractivity contribution in [1.82, 2.24) is 10.3 Å². The first kappa shape index (κ1) is 14.1. The summed E-state index contributed by atoms with van der Waals surface area (Å²) in [6.45, 7) is 6.24. The van der Waals surface area contributed by atoms with E-state index in [4.69, 9.17) is 4.42 Å². The fourth-order valence-electron chi connectivity index (χ4n) is 2.94. The molecule has 1 saturated heterocycles. The number of hydrogen-bond donors (Lipinski definition) is 1. The Morgan fingerprint density at radius 2 is 1.95 bits per heavy atom. The lowest BCUT2D eigenvalue weighted by molar-refractivity contribution is 0.335. The van der Waals surface area contributed by atoms with E-state index in [1.54, 1.807) is 6.20 Å². The highest BCUT2D eigenvalue weighted by atomic mass is 16.4. The molecule has 4 nitrogen and oxygen atoms in total. The Labute approximate surface area is 126 Å². The van der Waals surface area contributed by atoms with Gasteiger partial charge in [0.25, 0.3) is 0 Å². The van der Waals surface area contributed by atoms with E-state index >= 15 is 0 Å². The molecular formula is C17H23N3O. The van der Waals surface area contributed by atoms with E-state index in [0.717, 1.165) is 37.6 Å². The third-order valence-corrected chi connectivity index (χ3v) is 4.11. The summed E-state index contributed by atoms with van der Waals surface area (Å²) >= 11 is 0. The van der Waals surface area contributed by atoms with Crippen LogP contribution in [0.2, 0.25) is 0 Å². The van der Waals surface area contributed by atoms with Gasteiger partial charge in [0, 0.05) is 24.8 Å². The van der Waals surface area contributed by atoms with E-state index < -0.39 is 0 Å². The second kappa shape index (κ2) is 6.31. The molecule has 1 unspecified atom stereocenters. The normalized spacial score (nSPS) is 17.9. The minimum atomic E-state index is 0.173. The van der Waals surface area contributed by atoms with Crippen LogP contribution in [0, 0.1) is 6.92 Å². The number of oxazole rings is 1. The molecule has 4 heteroatoms. The monoisotopic (exact) mass is 285 g/mol. The minimum Gasteiger partial charge on any atom is -0.444 e. The number of aryl methyl sites for hydroxylation is 1. The van der Waals surface area contributed by atoms with Crippen LogP contribution in [0.4, 0.5) is 5.69 Å². The summed E-state index contributed by atoms with van der Waals surface area (Å²) in [6.07, 6.45) is 4.09. The van der Waals surface area contributed by atoms with E-state index in [2.05, 4.69) is 52.5 Å². The first-order chi connectivity index (χ1) is 10.2. The molecular weight excluding hydrogens is 262 g/mol. The molecule has 2 aromatic rings. The number of para-hydroxylation sites is 1. The molecule has 112 valence electrons. The summed E-state index contributed by atoms with van der Waals surface area (Å²) in [6, 6.07) is 11.4. The molecule has 2 heterocycles. The van der Waals surface area contributed by atoms with Crippen LogP contribution in [0.3, 0.4) is 0 Å². The van der Waals surface area contributed by atoms with Crippen molar-refractivity contribution < 1.29 is 4.42 Å². The van der Waals surface area contributed by atoms with Crippen LogP contribution in [-0.2, 0) is 0 Å². The minimum absolute atomic E-state index is 0.173. The molecule has 1 aromatic heterocycles. The molecule has 21 heavy (non-hydrogen) atoms. The Balaban J connectivity index is 1.52. The fourth-order valence-corrected chi connectivity index (χ4v) is 2.94. The van der Waals surface area contributed by atoms with E-state index in [9.17, 15) is 0 Å². The van der Waals surface area contributed by atoms with Crippen molar-refractivity contribution in [3.05, 3.63) is 48.2 Å². The number of anilines is 1. The van der Waals surface area contributed by atoms with Crippen molar-refractivity contribution in [1.29, 1.82) is 0 Å². The summed E-state index contributed by atoms with van der Waals surface area (Å²) in [4.78, 5) is 6.76. The van der Waals surface area contributed by atoms with Gasteiger partial charge < -0.3 is 14.6 Å². The number of rotatable bonds is 4. The van der Waals surface area contributed by atoms with Gasteiger partial charge >= 0.3 is 0 Å². The van der Waals surface area contributed by atoms with Crippen LogP contribution in [0.1, 0.15) is 37.5 Å². The van der Waals surface area contributed by atoms with Crippen LogP contribution in [-0.4, -0.2) is 24.1 Å². The molecule has 0 aliphatic carbocycles. The highest BCUT2D eigenvalue weighted by Gasteiger charge is 2.22. The Morgan fingerprint density at radius 1 is 1.24 bits per heavy atom. The topological polar surface area (TPSA) is 41.3 Å². The predicted octanol–water partition coefficient (Wildman–Crippen LogP) is 3.30. The molecule has 1 aliphatic heterocycles. The van der Waals surface area contributed by atoms with Crippen LogP contribution in [0.25, 0.3) is 0 Å². The molecule has 0 amide bonds. The van der Waals surface area contributed by atoms with Gasteiger partial charge in [0.05, 0.1) is 12.2 Å². The maximum absolute atomic E-state index is 5.59. The third-order valence-electron chi connectivity index (χ3n) is 4.11. The molecule has 1 aliphatic rings. The number of piperidine rings is 1. The quantitative estimate of drug-likeness (QED) is 0.936. The zero-order valence-corrected chi connectivity index (χ0v) is 12.7. The van der Waals surface area contributed by atoms with Crippen molar-refractivity contribution >= 4 is 5.69 Å². The van der Waals surface area contributed by atoms with Gasteiger partial charge in [-0.05, 0) is 38.8 Å². The molecule has 1 aromatic carbocycles. The molecule has 1 fully saturated rings. The Hall–Kier alpha value is -1.81. The molecule has 0 bridgehead atoms. The SMILES string of the molecule is Cc1cnc(C(C)NC2CCN(c3ccccc3)CC2)o1. The highest BCUT2D eigenvalue weighted by molar-refractivity contribution is 5.46. The lowest BCUT2D eigenvalue weighted by Gasteiger charge is -2.35. The maximum atomic E-state index is 5.59. The number of aromatic nitrogens is 1. The molecule has 1 atom stereocenters. The van der Waals surface area contributed by atoms with Gasteiger partial charge in [-0.2, -0.15) is 0 Å². The van der Waals surface area contributed by atoms with Gasteiger partial charge in [0.2, 0.25) is 5.89 Å². The van der Waals surface area contributed by atoms with E-state index in [0.29, 0.717) is 6.04 Å². The Morgan fingerprint density at radius 3 is 2.57 bits per heavy atom. The van der Waals surface area contributed by atoms with Crippen molar-refractivity contribution in [3.63, 3.8) is 0 Å². The van der Waals surface area contributed by atoms with Gasteiger partial charge in [-0.15, -0.1) is 0 Å². The summed E-state index contributed by atoms with van der Waals surface area (Å²) in [5.41, 5.74) is 1.33. The number of hydrogen-bond acceptors (Lipinski definition) is 4. The highest BCUT2D eigenvalue weighted by Crippen LogP contribution is 2.21. The molecule has 1 N–H and O–H groups in total. The number of nitrogens with one attached hydrogen (secondary N) is 1. The number of nitrogens with zero attached hydrogens (tertiary/aromatic N) is 2. The third kappa shape index (κ3) is 3.45. The van der Waals surface area contributed by atoms with Crippen LogP contribution in [0.5, 0.6) is 0 Å². The molecule has 0 spiro atoms. The number of benzene rings is 1. The van der Waals surface area contributed by atoms with Crippen LogP contribution >= 0.6 is 0 Å². The van der Waals surface area contributed by atoms with Crippen molar-refractivity contribution in [2.24, 2.45) is 0 Å². The Kier molecular flexibility index (Phi) is 4.25. The predicted molar refractivity (Wildman–Crippen MR) is 84.5 cm³/mol. The van der Waals surface area contributed by atoms with Gasteiger partial charge in [-0.1, -0.05) is 18.2 Å². The molecule has 3 rings (SSSR count). The lowest BCUT2D eigenvalue weighted by Crippen LogP contribution is -2.43. The van der Waals surface area contributed by atoms with E-state index in [-0.39, 0.29) is 6.04 Å².